The molecule has 1 rings (SSSR count). The van der Waals surface area contributed by atoms with Crippen LogP contribution in [0.15, 0.2) is 6.20 Å². The van der Waals surface area contributed by atoms with Crippen LogP contribution >= 0.6 is 0 Å². The SMILES string of the molecule is CCC(O)(CC)Cn1cc(CNCCOC)nn1. The van der Waals surface area contributed by atoms with Gasteiger partial charge in [-0.3, -0.25) is 0 Å². The molecular weight excluding hydrogens is 232 g/mol. The molecule has 0 bridgehead atoms. The van der Waals surface area contributed by atoms with E-state index in [1.807, 2.05) is 20.0 Å². The van der Waals surface area contributed by atoms with Gasteiger partial charge in [-0.25, -0.2) is 4.68 Å². The van der Waals surface area contributed by atoms with Crippen LogP contribution < -0.4 is 5.32 Å². The number of nitrogens with zero attached hydrogens (tertiary/aromatic N) is 3. The lowest BCUT2D eigenvalue weighted by Gasteiger charge is -2.24. The van der Waals surface area contributed by atoms with E-state index < -0.39 is 5.60 Å². The molecule has 0 aliphatic heterocycles. The van der Waals surface area contributed by atoms with E-state index in [0.29, 0.717) is 32.5 Å². The first-order valence-electron chi connectivity index (χ1n) is 6.44. The fourth-order valence-electron chi connectivity index (χ4n) is 1.66. The third-order valence-electron chi connectivity index (χ3n) is 3.15. The Balaban J connectivity index is 2.43. The van der Waals surface area contributed by atoms with Crippen LogP contribution in [-0.2, 0) is 17.8 Å². The highest BCUT2D eigenvalue weighted by Gasteiger charge is 2.23. The van der Waals surface area contributed by atoms with Crippen molar-refractivity contribution < 1.29 is 9.84 Å². The molecule has 2 N–H and O–H groups in total. The predicted octanol–water partition coefficient (Wildman–Crippen LogP) is 0.565. The molecule has 0 spiro atoms. The van der Waals surface area contributed by atoms with E-state index in [0.717, 1.165) is 12.2 Å². The first-order chi connectivity index (χ1) is 8.63. The fourth-order valence-corrected chi connectivity index (χ4v) is 1.66. The Morgan fingerprint density at radius 1 is 1.44 bits per heavy atom. The molecule has 0 amide bonds. The minimum absolute atomic E-state index is 0.491. The van der Waals surface area contributed by atoms with Gasteiger partial charge in [-0.1, -0.05) is 19.1 Å². The Morgan fingerprint density at radius 3 is 2.78 bits per heavy atom. The molecular formula is C12H24N4O2. The maximum atomic E-state index is 10.2. The Kier molecular flexibility index (Phi) is 6.24. The predicted molar refractivity (Wildman–Crippen MR) is 69.1 cm³/mol. The van der Waals surface area contributed by atoms with E-state index in [1.54, 1.807) is 11.8 Å². The number of hydrogen-bond donors (Lipinski definition) is 2. The van der Waals surface area contributed by atoms with Gasteiger partial charge in [-0.15, -0.1) is 5.10 Å². The highest BCUT2D eigenvalue weighted by atomic mass is 16.5. The van der Waals surface area contributed by atoms with Crippen LogP contribution in [0.3, 0.4) is 0 Å². The van der Waals surface area contributed by atoms with Crippen molar-refractivity contribution in [2.75, 3.05) is 20.3 Å². The number of hydrogen-bond acceptors (Lipinski definition) is 5. The minimum Gasteiger partial charge on any atom is -0.388 e. The smallest absolute Gasteiger partial charge is 0.0964 e. The van der Waals surface area contributed by atoms with Gasteiger partial charge < -0.3 is 15.2 Å². The Hall–Kier alpha value is -0.980. The molecule has 1 aromatic rings. The lowest BCUT2D eigenvalue weighted by Crippen LogP contribution is -2.32. The van der Waals surface area contributed by atoms with Crippen molar-refractivity contribution in [2.24, 2.45) is 0 Å². The van der Waals surface area contributed by atoms with Gasteiger partial charge >= 0.3 is 0 Å². The third-order valence-corrected chi connectivity index (χ3v) is 3.15. The number of ether oxygens (including phenoxy) is 1. The van der Waals surface area contributed by atoms with Gasteiger partial charge in [0.25, 0.3) is 0 Å². The van der Waals surface area contributed by atoms with Gasteiger partial charge in [-0.05, 0) is 12.8 Å². The summed E-state index contributed by atoms with van der Waals surface area (Å²) in [5.41, 5.74) is 0.190. The molecule has 0 unspecified atom stereocenters. The van der Waals surface area contributed by atoms with Crippen LogP contribution in [0.4, 0.5) is 0 Å². The summed E-state index contributed by atoms with van der Waals surface area (Å²) in [4.78, 5) is 0. The zero-order chi connectivity index (χ0) is 13.4. The largest absolute Gasteiger partial charge is 0.388 e. The minimum atomic E-state index is -0.686. The van der Waals surface area contributed by atoms with Crippen LogP contribution in [-0.4, -0.2) is 46.0 Å². The number of rotatable bonds is 9. The molecule has 6 heteroatoms. The number of nitrogens with one attached hydrogen (secondary N) is 1. The molecule has 0 saturated heterocycles. The number of methoxy groups -OCH3 is 1. The molecule has 1 heterocycles. The molecule has 0 aliphatic rings. The second-order valence-corrected chi connectivity index (χ2v) is 4.51. The van der Waals surface area contributed by atoms with Crippen molar-refractivity contribution in [1.29, 1.82) is 0 Å². The first-order valence-corrected chi connectivity index (χ1v) is 6.44. The zero-order valence-electron chi connectivity index (χ0n) is 11.5. The number of aromatic nitrogens is 3. The van der Waals surface area contributed by atoms with Gasteiger partial charge in [0.05, 0.1) is 24.4 Å². The molecule has 0 atom stereocenters. The summed E-state index contributed by atoms with van der Waals surface area (Å²) in [5, 5.41) is 21.5. The zero-order valence-corrected chi connectivity index (χ0v) is 11.5. The van der Waals surface area contributed by atoms with Crippen LogP contribution in [0.1, 0.15) is 32.4 Å². The van der Waals surface area contributed by atoms with E-state index in [9.17, 15) is 5.11 Å². The van der Waals surface area contributed by atoms with Gasteiger partial charge in [-0.2, -0.15) is 0 Å². The fraction of sp³-hybridized carbons (Fsp3) is 0.833. The second kappa shape index (κ2) is 7.45. The standard InChI is InChI=1S/C12H24N4O2/c1-4-12(17,5-2)10-16-9-11(14-15-16)8-13-6-7-18-3/h9,13,17H,4-8,10H2,1-3H3. The average molecular weight is 256 g/mol. The van der Waals surface area contributed by atoms with Crippen molar-refractivity contribution >= 4 is 0 Å². The summed E-state index contributed by atoms with van der Waals surface area (Å²) in [6.45, 7) is 6.59. The molecule has 104 valence electrons. The molecule has 0 saturated carbocycles. The average Bonchev–Trinajstić information content (AvgIpc) is 2.82. The molecule has 6 nitrogen and oxygen atoms in total. The molecule has 0 radical (unpaired) electrons. The molecule has 18 heavy (non-hydrogen) atoms. The third kappa shape index (κ3) is 4.72. The van der Waals surface area contributed by atoms with Gasteiger partial charge in [0.2, 0.25) is 0 Å². The van der Waals surface area contributed by atoms with Crippen molar-refractivity contribution in [3.05, 3.63) is 11.9 Å². The molecule has 0 aliphatic carbocycles. The van der Waals surface area contributed by atoms with Crippen molar-refractivity contribution in [2.45, 2.75) is 45.4 Å². The van der Waals surface area contributed by atoms with Crippen LogP contribution in [0.2, 0.25) is 0 Å². The Bertz CT molecular complexity index is 337. The summed E-state index contributed by atoms with van der Waals surface area (Å²) in [6.07, 6.45) is 3.30. The summed E-state index contributed by atoms with van der Waals surface area (Å²) in [5.74, 6) is 0. The van der Waals surface area contributed by atoms with E-state index in [2.05, 4.69) is 15.6 Å². The monoisotopic (exact) mass is 256 g/mol. The Labute approximate surface area is 108 Å². The summed E-state index contributed by atoms with van der Waals surface area (Å²) >= 11 is 0. The van der Waals surface area contributed by atoms with E-state index >= 15 is 0 Å². The number of aliphatic hydroxyl groups is 1. The van der Waals surface area contributed by atoms with Crippen molar-refractivity contribution in [3.63, 3.8) is 0 Å². The quantitative estimate of drug-likeness (QED) is 0.632. The molecule has 0 fully saturated rings. The lowest BCUT2D eigenvalue weighted by molar-refractivity contribution is 0.0114. The first kappa shape index (κ1) is 15.1. The highest BCUT2D eigenvalue weighted by Crippen LogP contribution is 2.16. The highest BCUT2D eigenvalue weighted by molar-refractivity contribution is 4.92. The van der Waals surface area contributed by atoms with Crippen molar-refractivity contribution in [1.82, 2.24) is 20.3 Å². The normalized spacial score (nSPS) is 12.0. The lowest BCUT2D eigenvalue weighted by atomic mass is 9.98. The maximum absolute atomic E-state index is 10.2. The summed E-state index contributed by atoms with van der Waals surface area (Å²) < 4.78 is 6.65. The van der Waals surface area contributed by atoms with Crippen LogP contribution in [0, 0.1) is 0 Å². The van der Waals surface area contributed by atoms with Crippen molar-refractivity contribution in [3.8, 4) is 0 Å². The van der Waals surface area contributed by atoms with Gasteiger partial charge in [0.15, 0.2) is 0 Å². The molecule has 1 aromatic heterocycles. The molecule has 0 aromatic carbocycles. The summed E-state index contributed by atoms with van der Waals surface area (Å²) in [6, 6.07) is 0. The second-order valence-electron chi connectivity index (χ2n) is 4.51. The Morgan fingerprint density at radius 2 is 2.17 bits per heavy atom. The van der Waals surface area contributed by atoms with Crippen LogP contribution in [0.5, 0.6) is 0 Å². The van der Waals surface area contributed by atoms with E-state index in [4.69, 9.17) is 4.74 Å². The van der Waals surface area contributed by atoms with Crippen LogP contribution in [0.25, 0.3) is 0 Å². The van der Waals surface area contributed by atoms with E-state index in [-0.39, 0.29) is 0 Å². The maximum Gasteiger partial charge on any atom is 0.0964 e. The van der Waals surface area contributed by atoms with E-state index in [1.165, 1.54) is 0 Å². The topological polar surface area (TPSA) is 72.2 Å². The van der Waals surface area contributed by atoms with Gasteiger partial charge in [0.1, 0.15) is 0 Å². The van der Waals surface area contributed by atoms with Gasteiger partial charge in [0, 0.05) is 26.4 Å². The summed E-state index contributed by atoms with van der Waals surface area (Å²) in [7, 11) is 1.67.